The van der Waals surface area contributed by atoms with Crippen molar-refractivity contribution in [3.8, 4) is 5.69 Å². The molecule has 1 fully saturated rings. The van der Waals surface area contributed by atoms with E-state index in [4.69, 9.17) is 0 Å². The van der Waals surface area contributed by atoms with Gasteiger partial charge in [0, 0.05) is 0 Å². The molecule has 0 bridgehead atoms. The lowest BCUT2D eigenvalue weighted by Crippen LogP contribution is -2.48. The van der Waals surface area contributed by atoms with Crippen LogP contribution < -0.4 is 4.57 Å². The highest BCUT2D eigenvalue weighted by molar-refractivity contribution is 9.10. The van der Waals surface area contributed by atoms with E-state index in [1.807, 2.05) is 6.07 Å². The third-order valence-electron chi connectivity index (χ3n) is 3.79. The first-order chi connectivity index (χ1) is 8.55. The highest BCUT2D eigenvalue weighted by Crippen LogP contribution is 2.44. The van der Waals surface area contributed by atoms with Crippen LogP contribution in [0.3, 0.4) is 0 Å². The van der Waals surface area contributed by atoms with Crippen molar-refractivity contribution < 1.29 is 4.57 Å². The number of imidazole rings is 1. The fourth-order valence-electron chi connectivity index (χ4n) is 2.82. The SMILES string of the molecule is CC1(C)CC([n+]2ccn(-c3ccccc3Br)c2)C1. The maximum atomic E-state index is 3.60. The number of benzene rings is 1. The van der Waals surface area contributed by atoms with Crippen LogP contribution in [-0.2, 0) is 0 Å². The van der Waals surface area contributed by atoms with Gasteiger partial charge in [-0.2, -0.15) is 0 Å². The quantitative estimate of drug-likeness (QED) is 0.744. The highest BCUT2D eigenvalue weighted by Gasteiger charge is 2.40. The normalized spacial score (nSPS) is 18.6. The Morgan fingerprint density at radius 1 is 1.28 bits per heavy atom. The summed E-state index contributed by atoms with van der Waals surface area (Å²) in [5, 5.41) is 0. The van der Waals surface area contributed by atoms with E-state index < -0.39 is 0 Å². The van der Waals surface area contributed by atoms with Gasteiger partial charge in [-0.15, -0.1) is 0 Å². The standard InChI is InChI=1S/C15H18BrN2/c1-15(2)9-12(10-15)17-7-8-18(11-17)14-6-4-3-5-13(14)16/h3-8,11-12H,9-10H2,1-2H3/q+1. The highest BCUT2D eigenvalue weighted by atomic mass is 79.9. The van der Waals surface area contributed by atoms with Gasteiger partial charge < -0.3 is 0 Å². The van der Waals surface area contributed by atoms with Crippen molar-refractivity contribution in [2.24, 2.45) is 5.41 Å². The fourth-order valence-corrected chi connectivity index (χ4v) is 3.31. The Labute approximate surface area is 116 Å². The van der Waals surface area contributed by atoms with E-state index in [0.717, 1.165) is 4.47 Å². The summed E-state index contributed by atoms with van der Waals surface area (Å²) in [6.45, 7) is 4.68. The molecule has 3 rings (SSSR count). The first-order valence-electron chi connectivity index (χ1n) is 6.39. The van der Waals surface area contributed by atoms with Gasteiger partial charge in [-0.25, -0.2) is 9.13 Å². The monoisotopic (exact) mass is 305 g/mol. The number of rotatable bonds is 2. The molecule has 2 nitrogen and oxygen atoms in total. The Hall–Kier alpha value is -1.09. The van der Waals surface area contributed by atoms with Gasteiger partial charge in [-0.1, -0.05) is 26.0 Å². The number of halogens is 1. The average molecular weight is 306 g/mol. The van der Waals surface area contributed by atoms with Crippen molar-refractivity contribution in [3.63, 3.8) is 0 Å². The minimum absolute atomic E-state index is 0.521. The predicted octanol–water partition coefficient (Wildman–Crippen LogP) is 3.89. The molecule has 0 amide bonds. The first kappa shape index (κ1) is 12.0. The zero-order valence-corrected chi connectivity index (χ0v) is 12.4. The maximum Gasteiger partial charge on any atom is 0.249 e. The molecule has 2 aromatic rings. The molecule has 1 saturated carbocycles. The number of hydrogen-bond donors (Lipinski definition) is 0. The van der Waals surface area contributed by atoms with Crippen LogP contribution in [0.25, 0.3) is 5.69 Å². The summed E-state index contributed by atoms with van der Waals surface area (Å²) in [7, 11) is 0. The molecule has 1 heterocycles. The Morgan fingerprint density at radius 3 is 2.67 bits per heavy atom. The molecule has 1 aliphatic rings. The Morgan fingerprint density at radius 2 is 2.00 bits per heavy atom. The zero-order chi connectivity index (χ0) is 12.8. The van der Waals surface area contributed by atoms with Crippen LogP contribution in [0.15, 0.2) is 47.5 Å². The van der Waals surface area contributed by atoms with Gasteiger partial charge in [0.05, 0.1) is 4.47 Å². The maximum absolute atomic E-state index is 3.60. The summed E-state index contributed by atoms with van der Waals surface area (Å²) in [6, 6.07) is 8.98. The van der Waals surface area contributed by atoms with Crippen molar-refractivity contribution >= 4 is 15.9 Å². The third kappa shape index (κ3) is 2.12. The van der Waals surface area contributed by atoms with Crippen LogP contribution in [0.1, 0.15) is 32.7 Å². The molecule has 0 unspecified atom stereocenters. The molecular weight excluding hydrogens is 288 g/mol. The topological polar surface area (TPSA) is 8.81 Å². The molecule has 94 valence electrons. The second kappa shape index (κ2) is 4.23. The van der Waals surface area contributed by atoms with Crippen molar-refractivity contribution in [3.05, 3.63) is 47.5 Å². The minimum Gasteiger partial charge on any atom is -0.234 e. The van der Waals surface area contributed by atoms with E-state index in [1.54, 1.807) is 0 Å². The molecule has 1 aromatic carbocycles. The van der Waals surface area contributed by atoms with E-state index in [2.05, 4.69) is 75.8 Å². The fraction of sp³-hybridized carbons (Fsp3) is 0.400. The van der Waals surface area contributed by atoms with Crippen LogP contribution in [0.5, 0.6) is 0 Å². The van der Waals surface area contributed by atoms with Crippen LogP contribution in [-0.4, -0.2) is 4.57 Å². The van der Waals surface area contributed by atoms with E-state index in [1.165, 1.54) is 18.5 Å². The Bertz CT molecular complexity index is 563. The summed E-state index contributed by atoms with van der Waals surface area (Å²) in [5.41, 5.74) is 1.71. The van der Waals surface area contributed by atoms with Gasteiger partial charge in [0.2, 0.25) is 6.33 Å². The summed E-state index contributed by atoms with van der Waals surface area (Å²) in [4.78, 5) is 0. The molecule has 0 aliphatic heterocycles. The van der Waals surface area contributed by atoms with Crippen molar-refractivity contribution in [1.29, 1.82) is 0 Å². The molecule has 0 saturated heterocycles. The predicted molar refractivity (Wildman–Crippen MR) is 75.7 cm³/mol. The number of hydrogen-bond acceptors (Lipinski definition) is 0. The van der Waals surface area contributed by atoms with Gasteiger partial charge in [0.15, 0.2) is 0 Å². The second-order valence-electron chi connectivity index (χ2n) is 5.95. The Kier molecular flexibility index (Phi) is 2.81. The van der Waals surface area contributed by atoms with Crippen LogP contribution in [0.4, 0.5) is 0 Å². The first-order valence-corrected chi connectivity index (χ1v) is 7.18. The molecule has 0 N–H and O–H groups in total. The molecular formula is C15H18BrN2+. The van der Waals surface area contributed by atoms with Gasteiger partial charge in [-0.3, -0.25) is 0 Å². The lowest BCUT2D eigenvalue weighted by atomic mass is 9.68. The smallest absolute Gasteiger partial charge is 0.234 e. The van der Waals surface area contributed by atoms with E-state index in [9.17, 15) is 0 Å². The molecule has 1 aromatic heterocycles. The molecule has 1 aliphatic carbocycles. The van der Waals surface area contributed by atoms with Crippen LogP contribution in [0.2, 0.25) is 0 Å². The lowest BCUT2D eigenvalue weighted by Gasteiger charge is -2.40. The molecule has 3 heteroatoms. The van der Waals surface area contributed by atoms with Crippen molar-refractivity contribution in [1.82, 2.24) is 4.57 Å². The van der Waals surface area contributed by atoms with Crippen molar-refractivity contribution in [2.45, 2.75) is 32.7 Å². The van der Waals surface area contributed by atoms with E-state index >= 15 is 0 Å². The summed E-state index contributed by atoms with van der Waals surface area (Å²) >= 11 is 3.60. The molecule has 0 spiro atoms. The summed E-state index contributed by atoms with van der Waals surface area (Å²) < 4.78 is 5.64. The van der Waals surface area contributed by atoms with E-state index in [-0.39, 0.29) is 0 Å². The number of nitrogens with zero attached hydrogens (tertiary/aromatic N) is 2. The third-order valence-corrected chi connectivity index (χ3v) is 4.46. The zero-order valence-electron chi connectivity index (χ0n) is 10.8. The average Bonchev–Trinajstić information content (AvgIpc) is 2.75. The van der Waals surface area contributed by atoms with E-state index in [0.29, 0.717) is 11.5 Å². The summed E-state index contributed by atoms with van der Waals surface area (Å²) in [6.07, 6.45) is 9.06. The van der Waals surface area contributed by atoms with Crippen LogP contribution >= 0.6 is 15.9 Å². The van der Waals surface area contributed by atoms with Gasteiger partial charge >= 0.3 is 0 Å². The largest absolute Gasteiger partial charge is 0.249 e. The lowest BCUT2D eigenvalue weighted by molar-refractivity contribution is -0.738. The number of para-hydroxylation sites is 1. The Balaban J connectivity index is 1.85. The molecule has 18 heavy (non-hydrogen) atoms. The number of aromatic nitrogens is 2. The summed E-state index contributed by atoms with van der Waals surface area (Å²) in [5.74, 6) is 0. The van der Waals surface area contributed by atoms with Crippen molar-refractivity contribution in [2.75, 3.05) is 0 Å². The van der Waals surface area contributed by atoms with Gasteiger partial charge in [0.1, 0.15) is 24.1 Å². The van der Waals surface area contributed by atoms with Gasteiger partial charge in [-0.05, 0) is 46.3 Å². The van der Waals surface area contributed by atoms with Crippen LogP contribution in [0, 0.1) is 5.41 Å². The second-order valence-corrected chi connectivity index (χ2v) is 6.80. The minimum atomic E-state index is 0.521. The molecule has 0 atom stereocenters. The van der Waals surface area contributed by atoms with Gasteiger partial charge in [0.25, 0.3) is 0 Å². The molecule has 0 radical (unpaired) electrons.